The van der Waals surface area contributed by atoms with Gasteiger partial charge in [-0.1, -0.05) is 55.1 Å². The first-order valence-corrected chi connectivity index (χ1v) is 6.54. The lowest BCUT2D eigenvalue weighted by atomic mass is 10.1. The lowest BCUT2D eigenvalue weighted by Crippen LogP contribution is -1.96. The fourth-order valence-electron chi connectivity index (χ4n) is 2.45. The average Bonchev–Trinajstić information content (AvgIpc) is 2.87. The van der Waals surface area contributed by atoms with E-state index in [2.05, 4.69) is 6.58 Å². The summed E-state index contributed by atoms with van der Waals surface area (Å²) >= 11 is 0. The Bertz CT molecular complexity index is 797. The van der Waals surface area contributed by atoms with E-state index >= 15 is 0 Å². The molecule has 0 aliphatic carbocycles. The van der Waals surface area contributed by atoms with Gasteiger partial charge in [0, 0.05) is 22.8 Å². The van der Waals surface area contributed by atoms with Crippen LogP contribution >= 0.6 is 0 Å². The summed E-state index contributed by atoms with van der Waals surface area (Å²) in [5.41, 5.74) is 3.65. The average molecular weight is 261 g/mol. The van der Waals surface area contributed by atoms with Gasteiger partial charge in [0.25, 0.3) is 0 Å². The molecule has 0 fully saturated rings. The Kier molecular flexibility index (Phi) is 2.99. The molecule has 0 unspecified atom stereocenters. The Hall–Kier alpha value is -2.61. The third-order valence-electron chi connectivity index (χ3n) is 3.49. The SMILES string of the molecule is C=C(c1ccccc1)n1cc(C(C)=O)c2ccccc21. The fourth-order valence-corrected chi connectivity index (χ4v) is 2.45. The quantitative estimate of drug-likeness (QED) is 0.642. The molecule has 1 heterocycles. The number of carbonyl (C=O) groups is 1. The van der Waals surface area contributed by atoms with Crippen LogP contribution in [0.3, 0.4) is 0 Å². The molecule has 0 amide bonds. The smallest absolute Gasteiger partial charge is 0.161 e. The van der Waals surface area contributed by atoms with Gasteiger partial charge in [0.1, 0.15) is 0 Å². The summed E-state index contributed by atoms with van der Waals surface area (Å²) in [4.78, 5) is 11.8. The van der Waals surface area contributed by atoms with Gasteiger partial charge in [-0.15, -0.1) is 0 Å². The van der Waals surface area contributed by atoms with Crippen LogP contribution in [0.1, 0.15) is 22.8 Å². The number of nitrogens with zero attached hydrogens (tertiary/aromatic N) is 1. The second-order valence-corrected chi connectivity index (χ2v) is 4.80. The minimum Gasteiger partial charge on any atom is -0.316 e. The van der Waals surface area contributed by atoms with E-state index in [0.29, 0.717) is 0 Å². The molecule has 0 saturated heterocycles. The number of rotatable bonds is 3. The number of carbonyl (C=O) groups excluding carboxylic acids is 1. The molecule has 0 spiro atoms. The largest absolute Gasteiger partial charge is 0.316 e. The van der Waals surface area contributed by atoms with Crippen molar-refractivity contribution in [2.75, 3.05) is 0 Å². The first-order valence-electron chi connectivity index (χ1n) is 6.54. The number of ketones is 1. The normalized spacial score (nSPS) is 10.7. The van der Waals surface area contributed by atoms with Crippen molar-refractivity contribution in [3.8, 4) is 0 Å². The Balaban J connectivity index is 2.22. The first-order chi connectivity index (χ1) is 9.68. The fraction of sp³-hybridized carbons (Fsp3) is 0.0556. The van der Waals surface area contributed by atoms with Gasteiger partial charge in [0.05, 0.1) is 5.52 Å². The molecule has 0 aliphatic rings. The molecule has 98 valence electrons. The molecular formula is C18H15NO. The number of hydrogen-bond donors (Lipinski definition) is 0. The van der Waals surface area contributed by atoms with Crippen molar-refractivity contribution >= 4 is 22.4 Å². The molecule has 0 atom stereocenters. The Morgan fingerprint density at radius 1 is 1.00 bits per heavy atom. The predicted octanol–water partition coefficient (Wildman–Crippen LogP) is 4.36. The standard InChI is InChI=1S/C18H15NO/c1-13(15-8-4-3-5-9-15)19-12-17(14(2)20)16-10-6-7-11-18(16)19/h3-12H,1H2,2H3. The predicted molar refractivity (Wildman–Crippen MR) is 82.8 cm³/mol. The second kappa shape index (κ2) is 4.82. The highest BCUT2D eigenvalue weighted by Gasteiger charge is 2.13. The summed E-state index contributed by atoms with van der Waals surface area (Å²) < 4.78 is 1.99. The summed E-state index contributed by atoms with van der Waals surface area (Å²) in [7, 11) is 0. The summed E-state index contributed by atoms with van der Waals surface area (Å²) in [6.45, 7) is 5.76. The van der Waals surface area contributed by atoms with E-state index in [0.717, 1.165) is 27.7 Å². The molecule has 0 radical (unpaired) electrons. The van der Waals surface area contributed by atoms with Crippen LogP contribution in [0.5, 0.6) is 0 Å². The maximum absolute atomic E-state index is 11.8. The molecule has 0 saturated carbocycles. The zero-order valence-electron chi connectivity index (χ0n) is 11.3. The van der Waals surface area contributed by atoms with Crippen LogP contribution in [-0.4, -0.2) is 10.4 Å². The van der Waals surface area contributed by atoms with Gasteiger partial charge in [-0.3, -0.25) is 4.79 Å². The van der Waals surface area contributed by atoms with Crippen LogP contribution in [0.4, 0.5) is 0 Å². The third kappa shape index (κ3) is 1.95. The number of para-hydroxylation sites is 1. The molecule has 1 aromatic heterocycles. The van der Waals surface area contributed by atoms with E-state index in [1.807, 2.05) is 65.4 Å². The van der Waals surface area contributed by atoms with Gasteiger partial charge in [-0.05, 0) is 18.6 Å². The molecular weight excluding hydrogens is 246 g/mol. The summed E-state index contributed by atoms with van der Waals surface area (Å²) in [6, 6.07) is 17.9. The van der Waals surface area contributed by atoms with Gasteiger partial charge in [0.15, 0.2) is 5.78 Å². The Morgan fingerprint density at radius 2 is 1.65 bits per heavy atom. The Labute approximate surface area is 118 Å². The zero-order valence-corrected chi connectivity index (χ0v) is 11.3. The highest BCUT2D eigenvalue weighted by atomic mass is 16.1. The van der Waals surface area contributed by atoms with Gasteiger partial charge in [-0.25, -0.2) is 0 Å². The number of aromatic nitrogens is 1. The van der Waals surface area contributed by atoms with Crippen molar-refractivity contribution in [3.63, 3.8) is 0 Å². The monoisotopic (exact) mass is 261 g/mol. The lowest BCUT2D eigenvalue weighted by molar-refractivity contribution is 0.101. The molecule has 2 heteroatoms. The minimum atomic E-state index is 0.0702. The number of benzene rings is 2. The van der Waals surface area contributed by atoms with Crippen LogP contribution in [0.25, 0.3) is 16.6 Å². The maximum atomic E-state index is 11.8. The van der Waals surface area contributed by atoms with E-state index in [9.17, 15) is 4.79 Å². The molecule has 0 aliphatic heterocycles. The molecule has 20 heavy (non-hydrogen) atoms. The number of Topliss-reactive ketones (excluding diaryl/α,β-unsaturated/α-hetero) is 1. The minimum absolute atomic E-state index is 0.0702. The van der Waals surface area contributed by atoms with Crippen molar-refractivity contribution in [3.05, 3.63) is 78.5 Å². The summed E-state index contributed by atoms with van der Waals surface area (Å²) in [5, 5.41) is 0.970. The van der Waals surface area contributed by atoms with Crippen LogP contribution in [0.2, 0.25) is 0 Å². The van der Waals surface area contributed by atoms with Crippen molar-refractivity contribution in [2.24, 2.45) is 0 Å². The number of hydrogen-bond acceptors (Lipinski definition) is 1. The van der Waals surface area contributed by atoms with Crippen LogP contribution in [-0.2, 0) is 0 Å². The van der Waals surface area contributed by atoms with Crippen molar-refractivity contribution in [1.82, 2.24) is 4.57 Å². The third-order valence-corrected chi connectivity index (χ3v) is 3.49. The van der Waals surface area contributed by atoms with Crippen LogP contribution < -0.4 is 0 Å². The van der Waals surface area contributed by atoms with Gasteiger partial charge in [-0.2, -0.15) is 0 Å². The van der Waals surface area contributed by atoms with Gasteiger partial charge >= 0.3 is 0 Å². The molecule has 0 bridgehead atoms. The van der Waals surface area contributed by atoms with E-state index in [1.165, 1.54) is 0 Å². The van der Waals surface area contributed by atoms with E-state index in [4.69, 9.17) is 0 Å². The molecule has 2 aromatic carbocycles. The second-order valence-electron chi connectivity index (χ2n) is 4.80. The maximum Gasteiger partial charge on any atom is 0.161 e. The van der Waals surface area contributed by atoms with Gasteiger partial charge in [0.2, 0.25) is 0 Å². The Morgan fingerprint density at radius 3 is 2.35 bits per heavy atom. The van der Waals surface area contributed by atoms with Crippen molar-refractivity contribution < 1.29 is 4.79 Å². The van der Waals surface area contributed by atoms with Crippen molar-refractivity contribution in [1.29, 1.82) is 0 Å². The first kappa shape index (κ1) is 12.4. The summed E-state index contributed by atoms with van der Waals surface area (Å²) in [5.74, 6) is 0.0702. The van der Waals surface area contributed by atoms with Crippen LogP contribution in [0, 0.1) is 0 Å². The van der Waals surface area contributed by atoms with Crippen molar-refractivity contribution in [2.45, 2.75) is 6.92 Å². The highest BCUT2D eigenvalue weighted by Crippen LogP contribution is 2.27. The molecule has 0 N–H and O–H groups in total. The van der Waals surface area contributed by atoms with E-state index < -0.39 is 0 Å². The number of fused-ring (bicyclic) bond motifs is 1. The highest BCUT2D eigenvalue weighted by molar-refractivity contribution is 6.08. The molecule has 2 nitrogen and oxygen atoms in total. The van der Waals surface area contributed by atoms with E-state index in [1.54, 1.807) is 6.92 Å². The zero-order chi connectivity index (χ0) is 14.1. The van der Waals surface area contributed by atoms with E-state index in [-0.39, 0.29) is 5.78 Å². The lowest BCUT2D eigenvalue weighted by Gasteiger charge is -2.09. The molecule has 3 rings (SSSR count). The topological polar surface area (TPSA) is 22.0 Å². The van der Waals surface area contributed by atoms with Crippen LogP contribution in [0.15, 0.2) is 67.4 Å². The molecule has 3 aromatic rings. The van der Waals surface area contributed by atoms with Gasteiger partial charge < -0.3 is 4.57 Å². The summed E-state index contributed by atoms with van der Waals surface area (Å²) in [6.07, 6.45) is 1.88.